The standard InChI is InChI=1S/C31H28N6O2S/c1-20(2)13-16-39-26-10-9-23(17-21(26)3)28-24(19-36(34-28)25-7-5-4-6-8-25)18-27-30(38)37-31(40-27)33-29(35-37)22-11-14-32-15-12-22/h4-12,14-15,17-20H,13,16H2,1-3H3. The maximum Gasteiger partial charge on any atom is 0.291 e. The molecule has 0 atom stereocenters. The first kappa shape index (κ1) is 25.6. The van der Waals surface area contributed by atoms with Crippen LogP contribution in [-0.2, 0) is 0 Å². The molecule has 0 spiro atoms. The second-order valence-corrected chi connectivity index (χ2v) is 11.0. The van der Waals surface area contributed by atoms with Gasteiger partial charge in [-0.25, -0.2) is 4.68 Å². The van der Waals surface area contributed by atoms with E-state index in [1.165, 1.54) is 15.9 Å². The number of hydrogen-bond donors (Lipinski definition) is 0. The van der Waals surface area contributed by atoms with E-state index < -0.39 is 0 Å². The lowest BCUT2D eigenvalue weighted by Gasteiger charge is -2.11. The fourth-order valence-electron chi connectivity index (χ4n) is 4.39. The Morgan fingerprint density at radius 1 is 1.00 bits per heavy atom. The van der Waals surface area contributed by atoms with Gasteiger partial charge in [0.1, 0.15) is 11.4 Å². The molecule has 9 heteroatoms. The Kier molecular flexibility index (Phi) is 6.96. The SMILES string of the molecule is Cc1cc(-c2nn(-c3ccccc3)cc2C=c2sc3nc(-c4ccncc4)nn3c2=O)ccc1OCCC(C)C. The van der Waals surface area contributed by atoms with Crippen LogP contribution in [-0.4, -0.2) is 36.0 Å². The molecule has 0 N–H and O–H groups in total. The van der Waals surface area contributed by atoms with E-state index in [-0.39, 0.29) is 5.56 Å². The lowest BCUT2D eigenvalue weighted by atomic mass is 10.0. The number of benzene rings is 2. The van der Waals surface area contributed by atoms with Crippen molar-refractivity contribution in [2.75, 3.05) is 6.61 Å². The molecule has 6 rings (SSSR count). The predicted octanol–water partition coefficient (Wildman–Crippen LogP) is 5.35. The quantitative estimate of drug-likeness (QED) is 0.255. The summed E-state index contributed by atoms with van der Waals surface area (Å²) in [6.07, 6.45) is 8.19. The summed E-state index contributed by atoms with van der Waals surface area (Å²) in [6, 6.07) is 19.7. The van der Waals surface area contributed by atoms with E-state index >= 15 is 0 Å². The Morgan fingerprint density at radius 3 is 2.52 bits per heavy atom. The summed E-state index contributed by atoms with van der Waals surface area (Å²) >= 11 is 1.31. The molecule has 40 heavy (non-hydrogen) atoms. The van der Waals surface area contributed by atoms with Crippen molar-refractivity contribution in [3.63, 3.8) is 0 Å². The highest BCUT2D eigenvalue weighted by atomic mass is 32.1. The van der Waals surface area contributed by atoms with Crippen LogP contribution in [0.15, 0.2) is 84.0 Å². The summed E-state index contributed by atoms with van der Waals surface area (Å²) in [7, 11) is 0. The average Bonchev–Trinajstić information content (AvgIpc) is 3.65. The van der Waals surface area contributed by atoms with Crippen molar-refractivity contribution < 1.29 is 4.74 Å². The van der Waals surface area contributed by atoms with Crippen LogP contribution in [0.3, 0.4) is 0 Å². The molecule has 0 bridgehead atoms. The zero-order valence-corrected chi connectivity index (χ0v) is 23.3. The Labute approximate surface area is 235 Å². The van der Waals surface area contributed by atoms with E-state index in [1.54, 1.807) is 12.4 Å². The van der Waals surface area contributed by atoms with Crippen LogP contribution in [0.4, 0.5) is 0 Å². The summed E-state index contributed by atoms with van der Waals surface area (Å²) < 4.78 is 9.77. The van der Waals surface area contributed by atoms with Crippen molar-refractivity contribution in [3.05, 3.63) is 105 Å². The van der Waals surface area contributed by atoms with E-state index in [0.717, 1.165) is 45.8 Å². The summed E-state index contributed by atoms with van der Waals surface area (Å²) in [5.74, 6) is 1.96. The zero-order valence-electron chi connectivity index (χ0n) is 22.5. The van der Waals surface area contributed by atoms with Gasteiger partial charge in [-0.05, 0) is 73.4 Å². The summed E-state index contributed by atoms with van der Waals surface area (Å²) in [5, 5.41) is 9.39. The second kappa shape index (κ2) is 10.9. The first-order chi connectivity index (χ1) is 19.5. The molecule has 0 radical (unpaired) electrons. The monoisotopic (exact) mass is 548 g/mol. The van der Waals surface area contributed by atoms with Crippen molar-refractivity contribution >= 4 is 22.4 Å². The first-order valence-corrected chi connectivity index (χ1v) is 14.0. The van der Waals surface area contributed by atoms with Crippen molar-refractivity contribution in [2.24, 2.45) is 5.92 Å². The highest BCUT2D eigenvalue weighted by Gasteiger charge is 2.16. The van der Waals surface area contributed by atoms with Crippen LogP contribution in [0.25, 0.3) is 39.4 Å². The van der Waals surface area contributed by atoms with Gasteiger partial charge in [0, 0.05) is 35.3 Å². The minimum absolute atomic E-state index is 0.212. The van der Waals surface area contributed by atoms with Crippen LogP contribution < -0.4 is 14.8 Å². The Morgan fingerprint density at radius 2 is 1.80 bits per heavy atom. The lowest BCUT2D eigenvalue weighted by Crippen LogP contribution is -2.23. The van der Waals surface area contributed by atoms with Gasteiger partial charge in [-0.15, -0.1) is 5.10 Å². The Bertz CT molecular complexity index is 1890. The smallest absolute Gasteiger partial charge is 0.291 e. The van der Waals surface area contributed by atoms with Gasteiger partial charge in [0.05, 0.1) is 16.8 Å². The summed E-state index contributed by atoms with van der Waals surface area (Å²) in [5.41, 5.74) is 5.12. The van der Waals surface area contributed by atoms with E-state index in [0.29, 0.717) is 27.8 Å². The number of rotatable bonds is 8. The Balaban J connectivity index is 1.41. The molecule has 6 aromatic rings. The molecule has 4 heterocycles. The molecule has 0 aliphatic carbocycles. The third-order valence-corrected chi connectivity index (χ3v) is 7.53. The van der Waals surface area contributed by atoms with Crippen molar-refractivity contribution in [1.29, 1.82) is 0 Å². The summed E-state index contributed by atoms with van der Waals surface area (Å²) in [4.78, 5) is 22.5. The lowest BCUT2D eigenvalue weighted by molar-refractivity contribution is 0.288. The number of ether oxygens (including phenoxy) is 1. The Hall–Kier alpha value is -4.63. The molecular weight excluding hydrogens is 520 g/mol. The number of nitrogens with zero attached hydrogens (tertiary/aromatic N) is 6. The van der Waals surface area contributed by atoms with Crippen molar-refractivity contribution in [1.82, 2.24) is 29.4 Å². The van der Waals surface area contributed by atoms with E-state index in [1.807, 2.05) is 78.5 Å². The molecule has 0 saturated carbocycles. The van der Waals surface area contributed by atoms with Crippen LogP contribution in [0.5, 0.6) is 5.75 Å². The van der Waals surface area contributed by atoms with Gasteiger partial charge in [-0.3, -0.25) is 9.78 Å². The number of para-hydroxylation sites is 1. The molecule has 4 aromatic heterocycles. The molecule has 0 fully saturated rings. The van der Waals surface area contributed by atoms with Gasteiger partial charge in [-0.1, -0.05) is 43.4 Å². The van der Waals surface area contributed by atoms with Gasteiger partial charge >= 0.3 is 0 Å². The fraction of sp³-hybridized carbons (Fsp3) is 0.194. The van der Waals surface area contributed by atoms with Crippen LogP contribution >= 0.6 is 11.3 Å². The van der Waals surface area contributed by atoms with E-state index in [9.17, 15) is 4.79 Å². The topological polar surface area (TPSA) is 87.2 Å². The van der Waals surface area contributed by atoms with Gasteiger partial charge < -0.3 is 4.74 Å². The molecule has 200 valence electrons. The number of pyridine rings is 1. The molecule has 8 nitrogen and oxygen atoms in total. The molecule has 0 saturated heterocycles. The number of aryl methyl sites for hydroxylation is 1. The van der Waals surface area contributed by atoms with Gasteiger partial charge in [0.25, 0.3) is 5.56 Å². The van der Waals surface area contributed by atoms with Crippen LogP contribution in [0.2, 0.25) is 0 Å². The zero-order chi connectivity index (χ0) is 27.6. The maximum absolute atomic E-state index is 13.3. The van der Waals surface area contributed by atoms with Gasteiger partial charge in [0.15, 0.2) is 5.82 Å². The third-order valence-electron chi connectivity index (χ3n) is 6.57. The fourth-order valence-corrected chi connectivity index (χ4v) is 5.29. The maximum atomic E-state index is 13.3. The molecule has 0 amide bonds. The van der Waals surface area contributed by atoms with Crippen LogP contribution in [0.1, 0.15) is 31.4 Å². The number of aromatic nitrogens is 6. The molecule has 0 unspecified atom stereocenters. The first-order valence-electron chi connectivity index (χ1n) is 13.2. The molecule has 0 aliphatic heterocycles. The normalized spacial score (nSPS) is 12.1. The molecule has 0 aliphatic rings. The minimum Gasteiger partial charge on any atom is -0.493 e. The van der Waals surface area contributed by atoms with Gasteiger partial charge in [0.2, 0.25) is 4.96 Å². The second-order valence-electron chi connectivity index (χ2n) is 10.0. The van der Waals surface area contributed by atoms with Crippen molar-refractivity contribution in [2.45, 2.75) is 27.2 Å². The largest absolute Gasteiger partial charge is 0.493 e. The summed E-state index contributed by atoms with van der Waals surface area (Å²) in [6.45, 7) is 7.11. The van der Waals surface area contributed by atoms with Crippen LogP contribution in [0, 0.1) is 12.8 Å². The molecular formula is C31H28N6O2S. The average molecular weight is 549 g/mol. The minimum atomic E-state index is -0.212. The van der Waals surface area contributed by atoms with Gasteiger partial charge in [-0.2, -0.15) is 14.6 Å². The molecule has 2 aromatic carbocycles. The number of thiazole rings is 1. The van der Waals surface area contributed by atoms with Crippen molar-refractivity contribution in [3.8, 4) is 34.1 Å². The predicted molar refractivity (Wildman–Crippen MR) is 158 cm³/mol. The highest BCUT2D eigenvalue weighted by molar-refractivity contribution is 7.15. The third kappa shape index (κ3) is 5.15. The number of fused-ring (bicyclic) bond motifs is 1. The highest BCUT2D eigenvalue weighted by Crippen LogP contribution is 2.29. The van der Waals surface area contributed by atoms with E-state index in [4.69, 9.17) is 9.84 Å². The van der Waals surface area contributed by atoms with E-state index in [2.05, 4.69) is 35.0 Å². The number of hydrogen-bond acceptors (Lipinski definition) is 7.